The molecule has 74 valence electrons. The zero-order chi connectivity index (χ0) is 9.94. The maximum Gasteiger partial charge on any atom is -0.0368 e. The molecular formula is C12H21P. The van der Waals surface area contributed by atoms with Gasteiger partial charge in [0, 0.05) is 0 Å². The van der Waals surface area contributed by atoms with Crippen molar-refractivity contribution < 1.29 is 0 Å². The Labute approximate surface area is 84.2 Å². The van der Waals surface area contributed by atoms with Crippen molar-refractivity contribution >= 4 is 7.92 Å². The lowest BCUT2D eigenvalue weighted by molar-refractivity contribution is 1.22. The van der Waals surface area contributed by atoms with Crippen molar-refractivity contribution in [3.05, 3.63) is 35.7 Å². The molecule has 0 atom stereocenters. The molecule has 0 saturated heterocycles. The Kier molecular flexibility index (Phi) is 9.47. The smallest absolute Gasteiger partial charge is 0.0368 e. The minimum absolute atomic E-state index is 0.120. The molecule has 13 heavy (non-hydrogen) atoms. The SMILES string of the molecule is CCC=CP(C=CCC)/C=C/CC. The topological polar surface area (TPSA) is 0 Å². The number of rotatable bonds is 6. The molecule has 0 heterocycles. The van der Waals surface area contributed by atoms with E-state index in [2.05, 4.69) is 56.5 Å². The van der Waals surface area contributed by atoms with Gasteiger partial charge in [0.15, 0.2) is 0 Å². The lowest BCUT2D eigenvalue weighted by atomic mass is 10.5. The molecular weight excluding hydrogens is 175 g/mol. The van der Waals surface area contributed by atoms with Crippen LogP contribution in [0.1, 0.15) is 40.0 Å². The molecule has 0 fully saturated rings. The fraction of sp³-hybridized carbons (Fsp3) is 0.500. The summed E-state index contributed by atoms with van der Waals surface area (Å²) in [5.41, 5.74) is 0. The van der Waals surface area contributed by atoms with Gasteiger partial charge in [0.1, 0.15) is 0 Å². The zero-order valence-corrected chi connectivity index (χ0v) is 9.93. The summed E-state index contributed by atoms with van der Waals surface area (Å²) in [7, 11) is -0.120. The first-order valence-corrected chi connectivity index (χ1v) is 6.67. The molecule has 0 saturated carbocycles. The van der Waals surface area contributed by atoms with E-state index in [1.165, 1.54) is 0 Å². The van der Waals surface area contributed by atoms with Gasteiger partial charge < -0.3 is 0 Å². The molecule has 0 N–H and O–H groups in total. The molecule has 0 aliphatic rings. The van der Waals surface area contributed by atoms with E-state index < -0.39 is 0 Å². The first-order valence-electron chi connectivity index (χ1n) is 5.12. The second kappa shape index (κ2) is 9.74. The van der Waals surface area contributed by atoms with Crippen molar-refractivity contribution in [2.75, 3.05) is 0 Å². The summed E-state index contributed by atoms with van der Waals surface area (Å²) in [5.74, 6) is 6.98. The molecule has 0 rings (SSSR count). The van der Waals surface area contributed by atoms with Crippen molar-refractivity contribution in [3.63, 3.8) is 0 Å². The first-order chi connectivity index (χ1) is 6.35. The van der Waals surface area contributed by atoms with Crippen LogP contribution in [-0.4, -0.2) is 0 Å². The third-order valence-electron chi connectivity index (χ3n) is 1.54. The Morgan fingerprint density at radius 2 is 1.00 bits per heavy atom. The highest BCUT2D eigenvalue weighted by molar-refractivity contribution is 7.67. The van der Waals surface area contributed by atoms with Crippen molar-refractivity contribution in [3.8, 4) is 0 Å². The maximum absolute atomic E-state index is 2.33. The van der Waals surface area contributed by atoms with Gasteiger partial charge in [-0.05, 0) is 27.2 Å². The minimum atomic E-state index is -0.120. The van der Waals surface area contributed by atoms with E-state index in [0.29, 0.717) is 0 Å². The predicted octanol–water partition coefficient (Wildman–Crippen LogP) is 5.24. The average Bonchev–Trinajstić information content (AvgIpc) is 2.17. The summed E-state index contributed by atoms with van der Waals surface area (Å²) >= 11 is 0. The Balaban J connectivity index is 4.10. The molecule has 0 amide bonds. The largest absolute Gasteiger partial charge is 0.0837 e. The van der Waals surface area contributed by atoms with Crippen LogP contribution in [-0.2, 0) is 0 Å². The lowest BCUT2D eigenvalue weighted by Crippen LogP contribution is -1.61. The molecule has 0 unspecified atom stereocenters. The molecule has 0 bridgehead atoms. The summed E-state index contributed by atoms with van der Waals surface area (Å²) in [5, 5.41) is 0. The van der Waals surface area contributed by atoms with Crippen LogP contribution in [0.3, 0.4) is 0 Å². The molecule has 0 aromatic rings. The molecule has 0 aliphatic carbocycles. The average molecular weight is 196 g/mol. The van der Waals surface area contributed by atoms with Gasteiger partial charge in [-0.1, -0.05) is 56.5 Å². The van der Waals surface area contributed by atoms with Gasteiger partial charge in [-0.2, -0.15) is 0 Å². The highest BCUT2D eigenvalue weighted by Gasteiger charge is 1.90. The molecule has 0 aromatic heterocycles. The van der Waals surface area contributed by atoms with Gasteiger partial charge in [-0.15, -0.1) is 0 Å². The van der Waals surface area contributed by atoms with Crippen molar-refractivity contribution in [2.45, 2.75) is 40.0 Å². The van der Waals surface area contributed by atoms with Gasteiger partial charge in [-0.3, -0.25) is 0 Å². The van der Waals surface area contributed by atoms with Crippen LogP contribution in [0.2, 0.25) is 0 Å². The van der Waals surface area contributed by atoms with Crippen molar-refractivity contribution in [2.24, 2.45) is 0 Å². The second-order valence-corrected chi connectivity index (χ2v) is 4.62. The highest BCUT2D eigenvalue weighted by Crippen LogP contribution is 2.40. The highest BCUT2D eigenvalue weighted by atomic mass is 31.1. The number of hydrogen-bond donors (Lipinski definition) is 0. The van der Waals surface area contributed by atoms with Crippen LogP contribution in [0.15, 0.2) is 35.7 Å². The Morgan fingerprint density at radius 1 is 0.692 bits per heavy atom. The third kappa shape index (κ3) is 7.99. The second-order valence-electron chi connectivity index (χ2n) is 2.83. The number of allylic oxidation sites excluding steroid dienone is 3. The molecule has 1 heteroatoms. The van der Waals surface area contributed by atoms with E-state index in [-0.39, 0.29) is 7.92 Å². The van der Waals surface area contributed by atoms with Gasteiger partial charge in [0.25, 0.3) is 0 Å². The van der Waals surface area contributed by atoms with Gasteiger partial charge >= 0.3 is 0 Å². The van der Waals surface area contributed by atoms with E-state index in [1.807, 2.05) is 0 Å². The molecule has 0 radical (unpaired) electrons. The van der Waals surface area contributed by atoms with Crippen molar-refractivity contribution in [1.29, 1.82) is 0 Å². The minimum Gasteiger partial charge on any atom is -0.0837 e. The van der Waals surface area contributed by atoms with Crippen LogP contribution in [0.25, 0.3) is 0 Å². The van der Waals surface area contributed by atoms with Crippen molar-refractivity contribution in [1.82, 2.24) is 0 Å². The monoisotopic (exact) mass is 196 g/mol. The maximum atomic E-state index is 2.33. The quantitative estimate of drug-likeness (QED) is 0.509. The Morgan fingerprint density at radius 3 is 1.23 bits per heavy atom. The van der Waals surface area contributed by atoms with Crippen LogP contribution >= 0.6 is 7.92 Å². The Hall–Kier alpha value is -0.350. The fourth-order valence-corrected chi connectivity index (χ4v) is 2.49. The number of hydrogen-bond acceptors (Lipinski definition) is 0. The Bertz CT molecular complexity index is 144. The van der Waals surface area contributed by atoms with Gasteiger partial charge in [-0.25, -0.2) is 0 Å². The standard InChI is InChI=1S/C12H21P/c1-4-7-10-13(11-8-5-2)12-9-6-3/h7-12H,4-6H2,1-3H3/b10-7+,11-8?,12-9?. The predicted molar refractivity (Wildman–Crippen MR) is 65.2 cm³/mol. The van der Waals surface area contributed by atoms with Crippen LogP contribution in [0.5, 0.6) is 0 Å². The fourth-order valence-electron chi connectivity index (χ4n) is 0.830. The van der Waals surface area contributed by atoms with Gasteiger partial charge in [0.2, 0.25) is 0 Å². The molecule has 0 nitrogen and oxygen atoms in total. The lowest BCUT2D eigenvalue weighted by Gasteiger charge is -2.00. The summed E-state index contributed by atoms with van der Waals surface area (Å²) in [6.07, 6.45) is 10.2. The molecule has 0 spiro atoms. The normalized spacial score (nSPS) is 15.0. The van der Waals surface area contributed by atoms with E-state index in [1.54, 1.807) is 0 Å². The zero-order valence-electron chi connectivity index (χ0n) is 9.03. The van der Waals surface area contributed by atoms with Gasteiger partial charge in [0.05, 0.1) is 0 Å². The van der Waals surface area contributed by atoms with E-state index in [0.717, 1.165) is 19.3 Å². The van der Waals surface area contributed by atoms with E-state index in [4.69, 9.17) is 0 Å². The van der Waals surface area contributed by atoms with Crippen LogP contribution < -0.4 is 0 Å². The summed E-state index contributed by atoms with van der Waals surface area (Å²) in [6, 6.07) is 0. The van der Waals surface area contributed by atoms with Crippen LogP contribution in [0.4, 0.5) is 0 Å². The van der Waals surface area contributed by atoms with E-state index >= 15 is 0 Å². The molecule has 0 aliphatic heterocycles. The molecule has 0 aromatic carbocycles. The summed E-state index contributed by atoms with van der Waals surface area (Å²) < 4.78 is 0. The van der Waals surface area contributed by atoms with E-state index in [9.17, 15) is 0 Å². The summed E-state index contributed by atoms with van der Waals surface area (Å²) in [4.78, 5) is 0. The first kappa shape index (κ1) is 12.7. The summed E-state index contributed by atoms with van der Waals surface area (Å²) in [6.45, 7) is 6.53. The third-order valence-corrected chi connectivity index (χ3v) is 3.20. The van der Waals surface area contributed by atoms with Crippen LogP contribution in [0, 0.1) is 0 Å².